The molecular formula is C25H29N9O3. The molecule has 4 aromatic rings. The maximum atomic E-state index is 12.9. The number of aliphatic imine (C=N–C) groups is 1. The molecule has 1 unspecified atom stereocenters. The van der Waals surface area contributed by atoms with Crippen LogP contribution in [0.4, 0.5) is 5.69 Å². The first-order valence-corrected chi connectivity index (χ1v) is 11.6. The van der Waals surface area contributed by atoms with Crippen molar-refractivity contribution in [1.82, 2.24) is 25.9 Å². The van der Waals surface area contributed by atoms with Crippen LogP contribution < -0.4 is 32.7 Å². The average molecular weight is 504 g/mol. The number of carbonyl (C=O) groups excluding carboxylic acids is 3. The Balaban J connectivity index is 1.46. The van der Waals surface area contributed by atoms with Gasteiger partial charge in [-0.2, -0.15) is 0 Å². The summed E-state index contributed by atoms with van der Waals surface area (Å²) >= 11 is 0. The highest BCUT2D eigenvalue weighted by Crippen LogP contribution is 2.22. The molecule has 0 radical (unpaired) electrons. The zero-order valence-corrected chi connectivity index (χ0v) is 20.4. The number of aromatic nitrogens is 2. The van der Waals surface area contributed by atoms with E-state index in [4.69, 9.17) is 11.5 Å². The lowest BCUT2D eigenvalue weighted by atomic mass is 10.1. The number of carbonyl (C=O) groups is 3. The predicted molar refractivity (Wildman–Crippen MR) is 144 cm³/mol. The number of likely N-dealkylation sites (N-methyl/N-ethyl adjacent to an activating group) is 1. The smallest absolute Gasteiger partial charge is 0.272 e. The van der Waals surface area contributed by atoms with Crippen LogP contribution in [0.15, 0.2) is 53.5 Å². The lowest BCUT2D eigenvalue weighted by Crippen LogP contribution is -2.35. The second kappa shape index (κ2) is 10.8. The summed E-state index contributed by atoms with van der Waals surface area (Å²) in [5, 5.41) is 12.9. The summed E-state index contributed by atoms with van der Waals surface area (Å²) < 4.78 is 0. The molecule has 0 spiro atoms. The zero-order valence-electron chi connectivity index (χ0n) is 20.4. The zero-order chi connectivity index (χ0) is 26.5. The standard InChI is InChI=1S/C25H29N9O3/c1-13(31-25(26)27)30-22(35)15-4-6-18-16(9-15)11-21(33-18)24(37)32-17-5-3-14-10-20(34-19(14)12-17)23(36)29-8-7-28-2/h3-6,9-13,28,33-34H,7-8H2,1-2H3,(H,29,36)(H,30,35)(H,32,37)(H4,26,27,31). The van der Waals surface area contributed by atoms with Crippen molar-refractivity contribution in [3.8, 4) is 0 Å². The predicted octanol–water partition coefficient (Wildman–Crippen LogP) is 1.20. The van der Waals surface area contributed by atoms with Gasteiger partial charge in [0, 0.05) is 46.1 Å². The lowest BCUT2D eigenvalue weighted by molar-refractivity contribution is 0.0936. The molecule has 2 aromatic heterocycles. The molecule has 0 saturated heterocycles. The van der Waals surface area contributed by atoms with E-state index in [-0.39, 0.29) is 23.7 Å². The second-order valence-electron chi connectivity index (χ2n) is 8.49. The van der Waals surface area contributed by atoms with Gasteiger partial charge in [0.15, 0.2) is 5.96 Å². The largest absolute Gasteiger partial charge is 0.370 e. The molecule has 192 valence electrons. The van der Waals surface area contributed by atoms with Gasteiger partial charge >= 0.3 is 0 Å². The number of nitrogens with one attached hydrogen (secondary N) is 6. The van der Waals surface area contributed by atoms with Crippen molar-refractivity contribution in [3.63, 3.8) is 0 Å². The number of fused-ring (bicyclic) bond motifs is 2. The quantitative estimate of drug-likeness (QED) is 0.0959. The summed E-state index contributed by atoms with van der Waals surface area (Å²) in [7, 11) is 1.82. The fourth-order valence-corrected chi connectivity index (χ4v) is 3.85. The van der Waals surface area contributed by atoms with Crippen molar-refractivity contribution in [1.29, 1.82) is 0 Å². The van der Waals surface area contributed by atoms with Crippen molar-refractivity contribution >= 4 is 51.2 Å². The molecular weight excluding hydrogens is 474 g/mol. The molecule has 0 aliphatic carbocycles. The van der Waals surface area contributed by atoms with Gasteiger partial charge in [-0.15, -0.1) is 0 Å². The first-order chi connectivity index (χ1) is 17.7. The third-order valence-electron chi connectivity index (χ3n) is 5.60. The minimum atomic E-state index is -0.582. The van der Waals surface area contributed by atoms with Crippen molar-refractivity contribution in [2.45, 2.75) is 13.1 Å². The number of aromatic amines is 2. The number of nitrogens with two attached hydrogens (primary N) is 2. The molecule has 0 bridgehead atoms. The van der Waals surface area contributed by atoms with E-state index in [1.807, 2.05) is 13.1 Å². The maximum absolute atomic E-state index is 12.9. The van der Waals surface area contributed by atoms with Gasteiger partial charge in [-0.3, -0.25) is 14.4 Å². The van der Waals surface area contributed by atoms with E-state index >= 15 is 0 Å². The van der Waals surface area contributed by atoms with Crippen molar-refractivity contribution in [2.24, 2.45) is 16.5 Å². The van der Waals surface area contributed by atoms with Crippen molar-refractivity contribution in [3.05, 3.63) is 65.5 Å². The number of rotatable bonds is 9. The van der Waals surface area contributed by atoms with Crippen LogP contribution >= 0.6 is 0 Å². The molecule has 12 heteroatoms. The van der Waals surface area contributed by atoms with E-state index in [0.29, 0.717) is 46.6 Å². The number of hydrogen-bond donors (Lipinski definition) is 8. The maximum Gasteiger partial charge on any atom is 0.272 e. The molecule has 0 aliphatic rings. The molecule has 10 N–H and O–H groups in total. The van der Waals surface area contributed by atoms with Crippen molar-refractivity contribution in [2.75, 3.05) is 25.5 Å². The molecule has 0 fully saturated rings. The Morgan fingerprint density at radius 2 is 1.59 bits per heavy atom. The van der Waals surface area contributed by atoms with Gasteiger partial charge in [-0.25, -0.2) is 4.99 Å². The number of hydrogen-bond acceptors (Lipinski definition) is 5. The first-order valence-electron chi connectivity index (χ1n) is 11.6. The van der Waals surface area contributed by atoms with Gasteiger partial charge in [0.2, 0.25) is 0 Å². The Hall–Kier alpha value is -4.84. The fourth-order valence-electron chi connectivity index (χ4n) is 3.85. The van der Waals surface area contributed by atoms with Crippen LogP contribution in [0.3, 0.4) is 0 Å². The lowest BCUT2D eigenvalue weighted by Gasteiger charge is -2.09. The molecule has 0 aliphatic heterocycles. The van der Waals surface area contributed by atoms with Crippen molar-refractivity contribution < 1.29 is 14.4 Å². The van der Waals surface area contributed by atoms with Gasteiger partial charge in [-0.05, 0) is 56.4 Å². The minimum absolute atomic E-state index is 0.119. The first kappa shape index (κ1) is 25.3. The van der Waals surface area contributed by atoms with Crippen LogP contribution in [0.25, 0.3) is 21.8 Å². The summed E-state index contributed by atoms with van der Waals surface area (Å²) in [5.41, 5.74) is 13.8. The molecule has 4 rings (SSSR count). The van der Waals surface area contributed by atoms with Crippen LogP contribution in [0, 0.1) is 0 Å². The summed E-state index contributed by atoms with van der Waals surface area (Å²) in [5.74, 6) is -1.01. The Morgan fingerprint density at radius 3 is 2.35 bits per heavy atom. The molecule has 37 heavy (non-hydrogen) atoms. The summed E-state index contributed by atoms with van der Waals surface area (Å²) in [6.45, 7) is 2.84. The molecule has 12 nitrogen and oxygen atoms in total. The van der Waals surface area contributed by atoms with Gasteiger partial charge in [0.05, 0.1) is 0 Å². The number of anilines is 1. The van der Waals surface area contributed by atoms with E-state index in [9.17, 15) is 14.4 Å². The summed E-state index contributed by atoms with van der Waals surface area (Å²) in [6.07, 6.45) is -0.582. The van der Waals surface area contributed by atoms with Gasteiger partial charge in [0.25, 0.3) is 17.7 Å². The van der Waals surface area contributed by atoms with E-state index in [0.717, 1.165) is 10.9 Å². The Kier molecular flexibility index (Phi) is 7.39. The van der Waals surface area contributed by atoms with E-state index in [1.54, 1.807) is 49.4 Å². The number of nitrogens with zero attached hydrogens (tertiary/aromatic N) is 1. The van der Waals surface area contributed by atoms with Gasteiger partial charge in [-0.1, -0.05) is 6.07 Å². The fraction of sp³-hybridized carbons (Fsp3) is 0.200. The highest BCUT2D eigenvalue weighted by atomic mass is 16.2. The number of amides is 3. The van der Waals surface area contributed by atoms with Gasteiger partial charge in [0.1, 0.15) is 17.6 Å². The third kappa shape index (κ3) is 6.05. The SMILES string of the molecule is CNCCNC(=O)c1cc2ccc(NC(=O)c3cc4cc(C(=O)NC(C)N=C(N)N)ccc4[nH]3)cc2[nH]1. The van der Waals surface area contributed by atoms with Crippen LogP contribution in [0.2, 0.25) is 0 Å². The highest BCUT2D eigenvalue weighted by Gasteiger charge is 2.15. The molecule has 2 heterocycles. The Morgan fingerprint density at radius 1 is 0.865 bits per heavy atom. The molecule has 2 aromatic carbocycles. The number of benzene rings is 2. The Labute approximate surface area is 212 Å². The van der Waals surface area contributed by atoms with Crippen LogP contribution in [-0.4, -0.2) is 60.0 Å². The van der Waals surface area contributed by atoms with Crippen LogP contribution in [-0.2, 0) is 0 Å². The van der Waals surface area contributed by atoms with Gasteiger partial charge < -0.3 is 42.7 Å². The van der Waals surface area contributed by atoms with E-state index in [2.05, 4.69) is 36.2 Å². The van der Waals surface area contributed by atoms with E-state index in [1.165, 1.54) is 0 Å². The summed E-state index contributed by atoms with van der Waals surface area (Å²) in [6, 6.07) is 13.8. The number of H-pyrrole nitrogens is 2. The monoisotopic (exact) mass is 503 g/mol. The normalized spacial score (nSPS) is 11.7. The second-order valence-corrected chi connectivity index (χ2v) is 8.49. The molecule has 0 saturated carbocycles. The summed E-state index contributed by atoms with van der Waals surface area (Å²) in [4.78, 5) is 47.7. The highest BCUT2D eigenvalue weighted by molar-refractivity contribution is 6.08. The topological polar surface area (TPSA) is 195 Å². The van der Waals surface area contributed by atoms with E-state index < -0.39 is 6.17 Å². The minimum Gasteiger partial charge on any atom is -0.370 e. The third-order valence-corrected chi connectivity index (χ3v) is 5.60. The number of guanidine groups is 1. The molecule has 3 amide bonds. The molecule has 1 atom stereocenters. The average Bonchev–Trinajstić information content (AvgIpc) is 3.47. The Bertz CT molecular complexity index is 1500. The van der Waals surface area contributed by atoms with Crippen LogP contribution in [0.5, 0.6) is 0 Å². The van der Waals surface area contributed by atoms with Crippen LogP contribution in [0.1, 0.15) is 38.3 Å².